The predicted octanol–water partition coefficient (Wildman–Crippen LogP) is 2.44. The summed E-state index contributed by atoms with van der Waals surface area (Å²) in [5.41, 5.74) is 8.36. The van der Waals surface area contributed by atoms with Crippen molar-refractivity contribution in [2.45, 2.75) is 39.2 Å². The third kappa shape index (κ3) is 3.67. The van der Waals surface area contributed by atoms with E-state index >= 15 is 0 Å². The number of nitrogens with one attached hydrogen (secondary N) is 1. The van der Waals surface area contributed by atoms with Crippen LogP contribution in [0.5, 0.6) is 0 Å². The third-order valence-corrected chi connectivity index (χ3v) is 3.70. The van der Waals surface area contributed by atoms with Gasteiger partial charge in [0.15, 0.2) is 0 Å². The molecule has 4 heteroatoms. The summed E-state index contributed by atoms with van der Waals surface area (Å²) < 4.78 is 5.63. The molecule has 3 N–H and O–H groups in total. The molecule has 19 heavy (non-hydrogen) atoms. The molecule has 0 saturated carbocycles. The van der Waals surface area contributed by atoms with Gasteiger partial charge in [-0.2, -0.15) is 0 Å². The van der Waals surface area contributed by atoms with Gasteiger partial charge in [-0.05, 0) is 44.4 Å². The van der Waals surface area contributed by atoms with Crippen LogP contribution in [0.15, 0.2) is 12.3 Å². The molecule has 2 unspecified atom stereocenters. The van der Waals surface area contributed by atoms with Crippen LogP contribution in [0.25, 0.3) is 0 Å². The summed E-state index contributed by atoms with van der Waals surface area (Å²) in [4.78, 5) is 4.30. The Morgan fingerprint density at radius 3 is 3.11 bits per heavy atom. The molecule has 0 radical (unpaired) electrons. The lowest BCUT2D eigenvalue weighted by molar-refractivity contribution is 0.0391. The van der Waals surface area contributed by atoms with Gasteiger partial charge in [-0.15, -0.1) is 0 Å². The van der Waals surface area contributed by atoms with Crippen LogP contribution < -0.4 is 11.1 Å². The topological polar surface area (TPSA) is 60.2 Å². The maximum absolute atomic E-state index is 6.08. The van der Waals surface area contributed by atoms with Gasteiger partial charge in [0, 0.05) is 30.3 Å². The Kier molecular flexibility index (Phi) is 5.16. The second kappa shape index (κ2) is 6.87. The van der Waals surface area contributed by atoms with Crippen molar-refractivity contribution in [3.05, 3.63) is 23.4 Å². The van der Waals surface area contributed by atoms with E-state index in [1.807, 2.05) is 6.20 Å². The number of anilines is 1. The maximum Gasteiger partial charge on any atom is 0.128 e. The van der Waals surface area contributed by atoms with Crippen LogP contribution in [0.2, 0.25) is 0 Å². The molecule has 0 aliphatic carbocycles. The molecule has 2 atom stereocenters. The Morgan fingerprint density at radius 1 is 1.58 bits per heavy atom. The Morgan fingerprint density at radius 2 is 2.42 bits per heavy atom. The molecule has 1 aromatic heterocycles. The zero-order valence-corrected chi connectivity index (χ0v) is 12.0. The molecule has 0 spiro atoms. The van der Waals surface area contributed by atoms with E-state index in [9.17, 15) is 0 Å². The lowest BCUT2D eigenvalue weighted by Gasteiger charge is -2.32. The van der Waals surface area contributed by atoms with Gasteiger partial charge in [0.05, 0.1) is 6.61 Å². The summed E-state index contributed by atoms with van der Waals surface area (Å²) >= 11 is 0. The molecule has 2 rings (SSSR count). The van der Waals surface area contributed by atoms with Crippen LogP contribution >= 0.6 is 0 Å². The van der Waals surface area contributed by atoms with E-state index in [-0.39, 0.29) is 6.04 Å². The number of pyridine rings is 1. The van der Waals surface area contributed by atoms with Crippen LogP contribution in [-0.4, -0.2) is 24.7 Å². The van der Waals surface area contributed by atoms with Gasteiger partial charge in [0.2, 0.25) is 0 Å². The third-order valence-electron chi connectivity index (χ3n) is 3.70. The first-order valence-electron chi connectivity index (χ1n) is 7.25. The van der Waals surface area contributed by atoms with Crippen LogP contribution in [0, 0.1) is 12.8 Å². The Bertz CT molecular complexity index is 402. The number of nitrogens with zero attached hydrogens (tertiary/aromatic N) is 1. The zero-order valence-electron chi connectivity index (χ0n) is 12.0. The maximum atomic E-state index is 6.08. The minimum Gasteiger partial charge on any atom is -0.383 e. The Balaban J connectivity index is 2.22. The molecule has 0 bridgehead atoms. The summed E-state index contributed by atoms with van der Waals surface area (Å²) in [5.74, 6) is 1.14. The predicted molar refractivity (Wildman–Crippen MR) is 78.0 cm³/mol. The van der Waals surface area contributed by atoms with Crippen molar-refractivity contribution in [3.8, 4) is 0 Å². The van der Waals surface area contributed by atoms with Gasteiger partial charge in [-0.3, -0.25) is 0 Å². The summed E-state index contributed by atoms with van der Waals surface area (Å²) in [6.45, 7) is 6.94. The van der Waals surface area contributed by atoms with E-state index in [2.05, 4.69) is 30.2 Å². The number of rotatable bonds is 5. The summed E-state index contributed by atoms with van der Waals surface area (Å²) in [7, 11) is 0. The average molecular weight is 263 g/mol. The summed E-state index contributed by atoms with van der Waals surface area (Å²) in [6, 6.07) is 2.41. The quantitative estimate of drug-likeness (QED) is 0.856. The van der Waals surface area contributed by atoms with Crippen LogP contribution in [0.1, 0.15) is 43.4 Å². The van der Waals surface area contributed by atoms with E-state index in [0.29, 0.717) is 11.7 Å². The fraction of sp³-hybridized carbons (Fsp3) is 0.667. The molecule has 1 aliphatic heterocycles. The van der Waals surface area contributed by atoms with Gasteiger partial charge < -0.3 is 15.8 Å². The van der Waals surface area contributed by atoms with E-state index < -0.39 is 0 Å². The molecule has 1 aliphatic rings. The van der Waals surface area contributed by atoms with E-state index in [1.54, 1.807) is 0 Å². The normalized spacial score (nSPS) is 21.3. The smallest absolute Gasteiger partial charge is 0.128 e. The molecule has 1 aromatic rings. The minimum atomic E-state index is 0.257. The number of nitrogens with two attached hydrogens (primary N) is 1. The van der Waals surface area contributed by atoms with Gasteiger partial charge in [-0.1, -0.05) is 6.92 Å². The fourth-order valence-electron chi connectivity index (χ4n) is 2.71. The number of aryl methyl sites for hydroxylation is 1. The molecular formula is C15H25N3O. The highest BCUT2D eigenvalue weighted by Gasteiger charge is 2.27. The highest BCUT2D eigenvalue weighted by molar-refractivity contribution is 5.43. The van der Waals surface area contributed by atoms with E-state index in [1.165, 1.54) is 6.42 Å². The van der Waals surface area contributed by atoms with E-state index in [0.717, 1.165) is 43.7 Å². The van der Waals surface area contributed by atoms with E-state index in [4.69, 9.17) is 10.5 Å². The first kappa shape index (κ1) is 14.3. The minimum absolute atomic E-state index is 0.257. The van der Waals surface area contributed by atoms with Gasteiger partial charge in [-0.25, -0.2) is 4.98 Å². The fourth-order valence-corrected chi connectivity index (χ4v) is 2.71. The standard InChI is InChI=1S/C15H25N3O/c1-3-6-17-14(12-5-4-7-19-10-12)13-8-11(2)9-18-15(13)16/h8-9,12,14,17H,3-7,10H2,1-2H3,(H2,16,18). The molecule has 4 nitrogen and oxygen atoms in total. The highest BCUT2D eigenvalue weighted by Crippen LogP contribution is 2.31. The molecule has 1 fully saturated rings. The van der Waals surface area contributed by atoms with Crippen molar-refractivity contribution >= 4 is 5.82 Å². The summed E-state index contributed by atoms with van der Waals surface area (Å²) in [6.07, 6.45) is 5.26. The van der Waals surface area contributed by atoms with Crippen molar-refractivity contribution in [1.29, 1.82) is 0 Å². The Hall–Kier alpha value is -1.13. The molecule has 0 aromatic carbocycles. The first-order chi connectivity index (χ1) is 9.22. The number of hydrogen-bond acceptors (Lipinski definition) is 4. The van der Waals surface area contributed by atoms with Gasteiger partial charge in [0.25, 0.3) is 0 Å². The van der Waals surface area contributed by atoms with Crippen LogP contribution in [-0.2, 0) is 4.74 Å². The first-order valence-corrected chi connectivity index (χ1v) is 7.25. The highest BCUT2D eigenvalue weighted by atomic mass is 16.5. The average Bonchev–Trinajstić information content (AvgIpc) is 2.44. The van der Waals surface area contributed by atoms with Crippen molar-refractivity contribution in [1.82, 2.24) is 10.3 Å². The monoisotopic (exact) mass is 263 g/mol. The second-order valence-electron chi connectivity index (χ2n) is 5.40. The number of hydrogen-bond donors (Lipinski definition) is 2. The number of nitrogen functional groups attached to an aromatic ring is 1. The lowest BCUT2D eigenvalue weighted by atomic mass is 9.88. The molecule has 1 saturated heterocycles. The van der Waals surface area contributed by atoms with Crippen molar-refractivity contribution < 1.29 is 4.74 Å². The van der Waals surface area contributed by atoms with Gasteiger partial charge in [0.1, 0.15) is 5.82 Å². The second-order valence-corrected chi connectivity index (χ2v) is 5.40. The van der Waals surface area contributed by atoms with Gasteiger partial charge >= 0.3 is 0 Å². The molecule has 2 heterocycles. The zero-order chi connectivity index (χ0) is 13.7. The van der Waals surface area contributed by atoms with Crippen molar-refractivity contribution in [2.24, 2.45) is 5.92 Å². The molecule has 106 valence electrons. The molecular weight excluding hydrogens is 238 g/mol. The number of aromatic nitrogens is 1. The van der Waals surface area contributed by atoms with Crippen LogP contribution in [0.4, 0.5) is 5.82 Å². The SMILES string of the molecule is CCCNC(c1cc(C)cnc1N)C1CCCOC1. The number of ether oxygens (including phenoxy) is 1. The Labute approximate surface area is 115 Å². The lowest BCUT2D eigenvalue weighted by Crippen LogP contribution is -2.34. The largest absolute Gasteiger partial charge is 0.383 e. The van der Waals surface area contributed by atoms with Crippen molar-refractivity contribution in [3.63, 3.8) is 0 Å². The van der Waals surface area contributed by atoms with Crippen LogP contribution in [0.3, 0.4) is 0 Å². The van der Waals surface area contributed by atoms with Crippen molar-refractivity contribution in [2.75, 3.05) is 25.5 Å². The molecule has 0 amide bonds. The summed E-state index contributed by atoms with van der Waals surface area (Å²) in [5, 5.41) is 3.62.